The van der Waals surface area contributed by atoms with Gasteiger partial charge in [0.15, 0.2) is 0 Å². The van der Waals surface area contributed by atoms with E-state index in [1.165, 1.54) is 7.11 Å². The fraction of sp³-hybridized carbons (Fsp3) is 0.280. The molecule has 3 aromatic rings. The Labute approximate surface area is 202 Å². The van der Waals surface area contributed by atoms with Crippen molar-refractivity contribution in [2.45, 2.75) is 13.0 Å². The molecule has 2 heterocycles. The summed E-state index contributed by atoms with van der Waals surface area (Å²) in [6.07, 6.45) is 5.36. The van der Waals surface area contributed by atoms with Gasteiger partial charge in [0.05, 0.1) is 37.9 Å². The van der Waals surface area contributed by atoms with Crippen molar-refractivity contribution in [1.29, 1.82) is 0 Å². The fourth-order valence-electron chi connectivity index (χ4n) is 3.74. The summed E-state index contributed by atoms with van der Waals surface area (Å²) in [5.41, 5.74) is 2.30. The lowest BCUT2D eigenvalue weighted by molar-refractivity contribution is -0.116. The van der Waals surface area contributed by atoms with E-state index in [1.807, 2.05) is 10.6 Å². The topological polar surface area (TPSA) is 115 Å². The quantitative estimate of drug-likeness (QED) is 0.480. The number of nitrogens with zero attached hydrogens (tertiary/aromatic N) is 3. The van der Waals surface area contributed by atoms with Gasteiger partial charge in [0.2, 0.25) is 5.91 Å². The first-order chi connectivity index (χ1) is 17.0. The van der Waals surface area contributed by atoms with Gasteiger partial charge in [-0.05, 0) is 36.4 Å². The Morgan fingerprint density at radius 2 is 1.91 bits per heavy atom. The molecule has 1 aliphatic heterocycles. The van der Waals surface area contributed by atoms with Crippen LogP contribution in [0, 0.1) is 0 Å². The van der Waals surface area contributed by atoms with E-state index >= 15 is 0 Å². The van der Waals surface area contributed by atoms with Crippen LogP contribution in [-0.2, 0) is 20.8 Å². The molecule has 0 spiro atoms. The van der Waals surface area contributed by atoms with Gasteiger partial charge in [-0.25, -0.2) is 9.78 Å². The number of anilines is 3. The zero-order chi connectivity index (χ0) is 24.6. The van der Waals surface area contributed by atoms with Gasteiger partial charge in [0.1, 0.15) is 0 Å². The smallest absolute Gasteiger partial charge is 0.340 e. The van der Waals surface area contributed by atoms with Gasteiger partial charge in [-0.15, -0.1) is 0 Å². The SMILES string of the molecule is COC(=O)c1cc(N2CCOCC2)ccc1NC(=O)c1cccc(NC(=O)CCn2ccnc2)c1. The van der Waals surface area contributed by atoms with Crippen molar-refractivity contribution in [1.82, 2.24) is 9.55 Å². The zero-order valence-electron chi connectivity index (χ0n) is 19.4. The van der Waals surface area contributed by atoms with Crippen molar-refractivity contribution >= 4 is 34.8 Å². The summed E-state index contributed by atoms with van der Waals surface area (Å²) in [5, 5.41) is 5.59. The lowest BCUT2D eigenvalue weighted by Crippen LogP contribution is -2.36. The monoisotopic (exact) mass is 477 g/mol. The summed E-state index contributed by atoms with van der Waals surface area (Å²) in [6.45, 7) is 3.16. The molecule has 10 heteroatoms. The number of morpholine rings is 1. The normalized spacial score (nSPS) is 13.2. The van der Waals surface area contributed by atoms with E-state index in [4.69, 9.17) is 9.47 Å². The Morgan fingerprint density at radius 3 is 2.66 bits per heavy atom. The van der Waals surface area contributed by atoms with E-state index < -0.39 is 11.9 Å². The van der Waals surface area contributed by atoms with Crippen LogP contribution >= 0.6 is 0 Å². The van der Waals surface area contributed by atoms with E-state index in [-0.39, 0.29) is 17.9 Å². The Morgan fingerprint density at radius 1 is 1.09 bits per heavy atom. The van der Waals surface area contributed by atoms with E-state index in [0.717, 1.165) is 5.69 Å². The number of rotatable bonds is 8. The van der Waals surface area contributed by atoms with Gasteiger partial charge in [-0.2, -0.15) is 0 Å². The number of ether oxygens (including phenoxy) is 2. The Hall–Kier alpha value is -4.18. The second-order valence-electron chi connectivity index (χ2n) is 7.95. The predicted octanol–water partition coefficient (Wildman–Crippen LogP) is 2.79. The highest BCUT2D eigenvalue weighted by Gasteiger charge is 2.19. The minimum atomic E-state index is -0.547. The largest absolute Gasteiger partial charge is 0.465 e. The van der Waals surface area contributed by atoms with Crippen LogP contribution in [0.2, 0.25) is 0 Å². The molecule has 2 aromatic carbocycles. The van der Waals surface area contributed by atoms with Gasteiger partial charge in [-0.1, -0.05) is 6.07 Å². The fourth-order valence-corrected chi connectivity index (χ4v) is 3.74. The van der Waals surface area contributed by atoms with Crippen LogP contribution in [0.15, 0.2) is 61.2 Å². The van der Waals surface area contributed by atoms with Gasteiger partial charge in [0, 0.05) is 55.4 Å². The molecular formula is C25H27N5O5. The maximum absolute atomic E-state index is 13.0. The second kappa shape index (κ2) is 11.3. The summed E-state index contributed by atoms with van der Waals surface area (Å²) >= 11 is 0. The number of amides is 2. The van der Waals surface area contributed by atoms with Crippen molar-refractivity contribution < 1.29 is 23.9 Å². The molecular weight excluding hydrogens is 450 g/mol. The maximum Gasteiger partial charge on any atom is 0.340 e. The number of benzene rings is 2. The molecule has 1 saturated heterocycles. The minimum absolute atomic E-state index is 0.178. The summed E-state index contributed by atoms with van der Waals surface area (Å²) in [7, 11) is 1.30. The highest BCUT2D eigenvalue weighted by molar-refractivity contribution is 6.09. The molecule has 2 amide bonds. The molecule has 0 bridgehead atoms. The number of hydrogen-bond acceptors (Lipinski definition) is 7. The number of methoxy groups -OCH3 is 1. The van der Waals surface area contributed by atoms with Gasteiger partial charge >= 0.3 is 5.97 Å². The number of hydrogen-bond donors (Lipinski definition) is 2. The van der Waals surface area contributed by atoms with Gasteiger partial charge in [-0.3, -0.25) is 9.59 Å². The highest BCUT2D eigenvalue weighted by Crippen LogP contribution is 2.26. The lowest BCUT2D eigenvalue weighted by atomic mass is 10.1. The molecule has 2 N–H and O–H groups in total. The molecule has 0 radical (unpaired) electrons. The van der Waals surface area contributed by atoms with Crippen LogP contribution in [0.3, 0.4) is 0 Å². The molecule has 1 fully saturated rings. The average Bonchev–Trinajstić information content (AvgIpc) is 3.42. The Bertz CT molecular complexity index is 1190. The van der Waals surface area contributed by atoms with E-state index in [0.29, 0.717) is 49.8 Å². The predicted molar refractivity (Wildman–Crippen MR) is 131 cm³/mol. The number of esters is 1. The summed E-state index contributed by atoms with van der Waals surface area (Å²) in [6, 6.07) is 11.9. The highest BCUT2D eigenvalue weighted by atomic mass is 16.5. The molecule has 35 heavy (non-hydrogen) atoms. The first-order valence-electron chi connectivity index (χ1n) is 11.3. The van der Waals surface area contributed by atoms with E-state index in [1.54, 1.807) is 55.1 Å². The third-order valence-corrected chi connectivity index (χ3v) is 5.60. The molecule has 10 nitrogen and oxygen atoms in total. The minimum Gasteiger partial charge on any atom is -0.465 e. The van der Waals surface area contributed by atoms with Crippen molar-refractivity contribution in [2.75, 3.05) is 48.9 Å². The maximum atomic E-state index is 13.0. The van der Waals surface area contributed by atoms with Crippen LogP contribution in [-0.4, -0.2) is 60.7 Å². The third kappa shape index (κ3) is 6.24. The molecule has 0 aliphatic carbocycles. The average molecular weight is 478 g/mol. The molecule has 0 saturated carbocycles. The van der Waals surface area contributed by atoms with E-state index in [9.17, 15) is 14.4 Å². The van der Waals surface area contributed by atoms with Crippen molar-refractivity contribution in [3.05, 3.63) is 72.3 Å². The van der Waals surface area contributed by atoms with Crippen LogP contribution in [0.25, 0.3) is 0 Å². The summed E-state index contributed by atoms with van der Waals surface area (Å²) in [4.78, 5) is 43.8. The second-order valence-corrected chi connectivity index (χ2v) is 7.95. The number of imidazole rings is 1. The molecule has 0 atom stereocenters. The van der Waals surface area contributed by atoms with Crippen LogP contribution in [0.5, 0.6) is 0 Å². The lowest BCUT2D eigenvalue weighted by Gasteiger charge is -2.29. The van der Waals surface area contributed by atoms with Crippen molar-refractivity contribution in [3.8, 4) is 0 Å². The molecule has 0 unspecified atom stereocenters. The molecule has 1 aliphatic rings. The number of nitrogens with one attached hydrogen (secondary N) is 2. The Balaban J connectivity index is 1.44. The van der Waals surface area contributed by atoms with Crippen molar-refractivity contribution in [3.63, 3.8) is 0 Å². The van der Waals surface area contributed by atoms with Crippen LogP contribution in [0.1, 0.15) is 27.1 Å². The first-order valence-corrected chi connectivity index (χ1v) is 11.3. The standard InChI is InChI=1S/C25H27N5O5/c1-34-25(33)21-16-20(30-11-13-35-14-12-30)5-6-22(21)28-24(32)18-3-2-4-19(15-18)27-23(31)7-9-29-10-8-26-17-29/h2-6,8,10,15-17H,7,9,11-14H2,1H3,(H,27,31)(H,28,32). The Kier molecular flexibility index (Phi) is 7.74. The molecule has 182 valence electrons. The summed E-state index contributed by atoms with van der Waals surface area (Å²) < 4.78 is 12.1. The number of aromatic nitrogens is 2. The van der Waals surface area contributed by atoms with Crippen LogP contribution < -0.4 is 15.5 Å². The zero-order valence-corrected chi connectivity index (χ0v) is 19.4. The third-order valence-electron chi connectivity index (χ3n) is 5.60. The van der Waals surface area contributed by atoms with Gasteiger partial charge in [0.25, 0.3) is 5.91 Å². The van der Waals surface area contributed by atoms with Crippen molar-refractivity contribution in [2.24, 2.45) is 0 Å². The number of carbonyl (C=O) groups excluding carboxylic acids is 3. The van der Waals surface area contributed by atoms with Crippen LogP contribution in [0.4, 0.5) is 17.1 Å². The summed E-state index contributed by atoms with van der Waals surface area (Å²) in [5.74, 6) is -1.14. The first kappa shape index (κ1) is 24.0. The number of carbonyl (C=O) groups is 3. The van der Waals surface area contributed by atoms with Gasteiger partial charge < -0.3 is 29.6 Å². The molecule has 1 aromatic heterocycles. The van der Waals surface area contributed by atoms with E-state index in [2.05, 4.69) is 20.5 Å². The molecule has 4 rings (SSSR count). The number of aryl methyl sites for hydroxylation is 1.